The van der Waals surface area contributed by atoms with Gasteiger partial charge in [-0.3, -0.25) is 14.4 Å². The summed E-state index contributed by atoms with van der Waals surface area (Å²) in [6.07, 6.45) is 1.22. The third kappa shape index (κ3) is 3.24. The molecule has 2 aromatic heterocycles. The first-order chi connectivity index (χ1) is 11.3. The number of hydrogen-bond acceptors (Lipinski definition) is 5. The van der Waals surface area contributed by atoms with Crippen LogP contribution in [0.25, 0.3) is 0 Å². The summed E-state index contributed by atoms with van der Waals surface area (Å²) in [5, 5.41) is 4.26. The third-order valence-electron chi connectivity index (χ3n) is 3.97. The highest BCUT2D eigenvalue weighted by Gasteiger charge is 2.34. The van der Waals surface area contributed by atoms with E-state index in [0.717, 1.165) is 17.0 Å². The predicted molar refractivity (Wildman–Crippen MR) is 92.7 cm³/mol. The van der Waals surface area contributed by atoms with Gasteiger partial charge in [-0.25, -0.2) is 8.42 Å². The van der Waals surface area contributed by atoms with E-state index in [1.165, 1.54) is 11.3 Å². The van der Waals surface area contributed by atoms with Gasteiger partial charge in [0.15, 0.2) is 0 Å². The molecular weight excluding hydrogens is 348 g/mol. The summed E-state index contributed by atoms with van der Waals surface area (Å²) in [4.78, 5) is 15.3. The molecule has 0 aliphatic carbocycles. The number of thiophene rings is 1. The van der Waals surface area contributed by atoms with Gasteiger partial charge in [0.25, 0.3) is 10.0 Å². The van der Waals surface area contributed by atoms with Gasteiger partial charge in [-0.15, -0.1) is 11.3 Å². The smallest absolute Gasteiger partial charge is 0.250 e. The van der Waals surface area contributed by atoms with Crippen LogP contribution in [0.1, 0.15) is 23.4 Å². The zero-order chi connectivity index (χ0) is 17.5. The van der Waals surface area contributed by atoms with E-state index in [2.05, 4.69) is 9.82 Å². The van der Waals surface area contributed by atoms with Gasteiger partial charge in [-0.05, 0) is 38.8 Å². The Labute approximate surface area is 145 Å². The van der Waals surface area contributed by atoms with Crippen LogP contribution in [0, 0.1) is 13.8 Å². The van der Waals surface area contributed by atoms with Crippen LogP contribution in [0.15, 0.2) is 22.4 Å². The molecule has 9 heteroatoms. The molecule has 1 fully saturated rings. The van der Waals surface area contributed by atoms with Gasteiger partial charge in [0.1, 0.15) is 16.1 Å². The van der Waals surface area contributed by atoms with Crippen molar-refractivity contribution in [2.24, 2.45) is 7.05 Å². The number of sulfonamides is 1. The molecule has 130 valence electrons. The Balaban J connectivity index is 1.82. The molecule has 1 amide bonds. The Kier molecular flexibility index (Phi) is 4.50. The molecule has 0 bridgehead atoms. The number of carbonyl (C=O) groups excluding carboxylic acids is 1. The first-order valence-corrected chi connectivity index (χ1v) is 9.99. The molecule has 1 aliphatic heterocycles. The molecule has 3 heterocycles. The minimum absolute atomic E-state index is 0.235. The van der Waals surface area contributed by atoms with Gasteiger partial charge in [-0.1, -0.05) is 0 Å². The van der Waals surface area contributed by atoms with Gasteiger partial charge >= 0.3 is 0 Å². The summed E-state index contributed by atoms with van der Waals surface area (Å²) in [5.74, 6) is 0.453. The van der Waals surface area contributed by atoms with Crippen molar-refractivity contribution in [3.8, 4) is 0 Å². The minimum Gasteiger partial charge on any atom is -0.296 e. The fourth-order valence-electron chi connectivity index (χ4n) is 2.86. The minimum atomic E-state index is -3.68. The Morgan fingerprint density at radius 3 is 2.67 bits per heavy atom. The van der Waals surface area contributed by atoms with Gasteiger partial charge in [0, 0.05) is 24.5 Å². The van der Waals surface area contributed by atoms with Crippen LogP contribution in [0.4, 0.5) is 5.82 Å². The Hall–Kier alpha value is -1.71. The lowest BCUT2D eigenvalue weighted by atomic mass is 10.1. The highest BCUT2D eigenvalue weighted by Crippen LogP contribution is 2.24. The normalized spacial score (nSPS) is 19.0. The molecule has 0 saturated carbocycles. The number of carbonyl (C=O) groups is 1. The van der Waals surface area contributed by atoms with E-state index in [9.17, 15) is 13.2 Å². The van der Waals surface area contributed by atoms with E-state index in [-0.39, 0.29) is 10.1 Å². The molecule has 24 heavy (non-hydrogen) atoms. The van der Waals surface area contributed by atoms with Crippen molar-refractivity contribution < 1.29 is 13.2 Å². The van der Waals surface area contributed by atoms with E-state index in [4.69, 9.17) is 0 Å². The molecular formula is C15H20N4O3S2. The fraction of sp³-hybridized carbons (Fsp3) is 0.467. The summed E-state index contributed by atoms with van der Waals surface area (Å²) >= 11 is 1.20. The largest absolute Gasteiger partial charge is 0.296 e. The number of hydrogen-bond donors (Lipinski definition) is 1. The molecule has 2 aromatic rings. The number of nitrogens with zero attached hydrogens (tertiary/aromatic N) is 3. The van der Waals surface area contributed by atoms with Gasteiger partial charge in [0.2, 0.25) is 5.91 Å². The van der Waals surface area contributed by atoms with E-state index in [1.54, 1.807) is 28.8 Å². The van der Waals surface area contributed by atoms with E-state index >= 15 is 0 Å². The molecule has 0 aromatic carbocycles. The molecule has 1 aliphatic rings. The second-order valence-electron chi connectivity index (χ2n) is 5.94. The predicted octanol–water partition coefficient (Wildman–Crippen LogP) is 1.57. The summed E-state index contributed by atoms with van der Waals surface area (Å²) in [5.41, 5.74) is 0.817. The Morgan fingerprint density at radius 2 is 2.08 bits per heavy atom. The van der Waals surface area contributed by atoms with Crippen molar-refractivity contribution in [3.05, 3.63) is 28.8 Å². The summed E-state index contributed by atoms with van der Waals surface area (Å²) < 4.78 is 29.4. The summed E-state index contributed by atoms with van der Waals surface area (Å²) in [7, 11) is -1.91. The zero-order valence-electron chi connectivity index (χ0n) is 13.8. The number of amides is 1. The fourth-order valence-corrected chi connectivity index (χ4v) is 5.39. The summed E-state index contributed by atoms with van der Waals surface area (Å²) in [6.45, 7) is 4.27. The van der Waals surface area contributed by atoms with Gasteiger partial charge < -0.3 is 0 Å². The average Bonchev–Trinajstić information content (AvgIpc) is 3.07. The topological polar surface area (TPSA) is 84.3 Å². The highest BCUT2D eigenvalue weighted by molar-refractivity contribution is 7.91. The van der Waals surface area contributed by atoms with Crippen LogP contribution in [-0.4, -0.2) is 36.7 Å². The lowest BCUT2D eigenvalue weighted by Gasteiger charge is -2.32. The molecule has 1 saturated heterocycles. The third-order valence-corrected chi connectivity index (χ3v) is 6.93. The van der Waals surface area contributed by atoms with Crippen LogP contribution >= 0.6 is 11.3 Å². The second-order valence-corrected chi connectivity index (χ2v) is 9.17. The average molecular weight is 368 g/mol. The maximum absolute atomic E-state index is 12.8. The monoisotopic (exact) mass is 368 g/mol. The maximum Gasteiger partial charge on any atom is 0.250 e. The SMILES string of the molecule is Cc1cc(N2CCC[C@H](NS(=O)(=O)c3ccc(C)s3)C2=O)n(C)n1. The molecule has 1 atom stereocenters. The van der Waals surface area contributed by atoms with Crippen LogP contribution in [0.3, 0.4) is 0 Å². The van der Waals surface area contributed by atoms with Crippen LogP contribution in [0.2, 0.25) is 0 Å². The van der Waals surface area contributed by atoms with Crippen molar-refractivity contribution in [2.45, 2.75) is 36.9 Å². The molecule has 0 spiro atoms. The quantitative estimate of drug-likeness (QED) is 0.888. The second kappa shape index (κ2) is 6.30. The number of aromatic nitrogens is 2. The number of aryl methyl sites for hydroxylation is 3. The number of nitrogens with one attached hydrogen (secondary N) is 1. The molecule has 7 nitrogen and oxygen atoms in total. The number of rotatable bonds is 4. The first kappa shape index (κ1) is 17.1. The Morgan fingerprint density at radius 1 is 1.33 bits per heavy atom. The Bertz CT molecular complexity index is 869. The molecule has 0 radical (unpaired) electrons. The molecule has 1 N–H and O–H groups in total. The maximum atomic E-state index is 12.8. The van der Waals surface area contributed by atoms with E-state index < -0.39 is 16.1 Å². The van der Waals surface area contributed by atoms with E-state index in [0.29, 0.717) is 18.8 Å². The van der Waals surface area contributed by atoms with Crippen LogP contribution in [0.5, 0.6) is 0 Å². The van der Waals surface area contributed by atoms with Gasteiger partial charge in [-0.2, -0.15) is 9.82 Å². The van der Waals surface area contributed by atoms with Crippen LogP contribution in [-0.2, 0) is 21.9 Å². The van der Waals surface area contributed by atoms with Crippen molar-refractivity contribution in [2.75, 3.05) is 11.4 Å². The van der Waals surface area contributed by atoms with Crippen molar-refractivity contribution in [3.63, 3.8) is 0 Å². The van der Waals surface area contributed by atoms with Gasteiger partial charge in [0.05, 0.1) is 5.69 Å². The highest BCUT2D eigenvalue weighted by atomic mass is 32.2. The van der Waals surface area contributed by atoms with Crippen molar-refractivity contribution in [1.82, 2.24) is 14.5 Å². The van der Waals surface area contributed by atoms with Crippen molar-refractivity contribution in [1.29, 1.82) is 0 Å². The number of anilines is 1. The first-order valence-electron chi connectivity index (χ1n) is 7.69. The summed E-state index contributed by atoms with van der Waals surface area (Å²) in [6, 6.07) is 4.41. The standard InChI is InChI=1S/C15H20N4O3S2/c1-10-9-13(18(3)16-10)19-8-4-5-12(15(19)20)17-24(21,22)14-7-6-11(2)23-14/h6-7,9,12,17H,4-5,8H2,1-3H3/t12-/m0/s1. The van der Waals surface area contributed by atoms with E-state index in [1.807, 2.05) is 19.9 Å². The zero-order valence-corrected chi connectivity index (χ0v) is 15.4. The van der Waals surface area contributed by atoms with Crippen LogP contribution < -0.4 is 9.62 Å². The van der Waals surface area contributed by atoms with Crippen molar-refractivity contribution >= 4 is 33.1 Å². The molecule has 0 unspecified atom stereocenters. The lowest BCUT2D eigenvalue weighted by Crippen LogP contribution is -2.52. The molecule has 3 rings (SSSR count). The lowest BCUT2D eigenvalue weighted by molar-refractivity contribution is -0.121. The number of piperidine rings is 1.